The Kier molecular flexibility index (Phi) is 6.44. The second-order valence-corrected chi connectivity index (χ2v) is 5.98. The maximum atomic E-state index is 11.8. The van der Waals surface area contributed by atoms with Crippen molar-refractivity contribution in [3.05, 3.63) is 53.9 Å². The van der Waals surface area contributed by atoms with Crippen LogP contribution in [0, 0.1) is 6.92 Å². The van der Waals surface area contributed by atoms with Gasteiger partial charge in [0.15, 0.2) is 0 Å². The van der Waals surface area contributed by atoms with Gasteiger partial charge in [-0.05, 0) is 31.2 Å². The molecule has 3 amide bonds. The highest BCUT2D eigenvalue weighted by molar-refractivity contribution is 8.00. The molecule has 0 aliphatic rings. The van der Waals surface area contributed by atoms with E-state index < -0.39 is 5.91 Å². The Bertz CT molecular complexity index is 699. The fourth-order valence-corrected chi connectivity index (χ4v) is 2.39. The highest BCUT2D eigenvalue weighted by atomic mass is 32.2. The lowest BCUT2D eigenvalue weighted by molar-refractivity contribution is -0.119. The molecule has 0 aliphatic heterocycles. The number of hydrazine groups is 1. The van der Waals surface area contributed by atoms with E-state index in [1.54, 1.807) is 18.3 Å². The number of thioether (sulfide) groups is 1. The zero-order chi connectivity index (χ0) is 17.4. The minimum absolute atomic E-state index is 0.0618. The predicted octanol–water partition coefficient (Wildman–Crippen LogP) is 1.46. The molecule has 0 fully saturated rings. The summed E-state index contributed by atoms with van der Waals surface area (Å²) in [5.74, 6) is -0.802. The summed E-state index contributed by atoms with van der Waals surface area (Å²) in [6.45, 7) is 1.97. The van der Waals surface area contributed by atoms with Crippen LogP contribution in [-0.4, -0.2) is 34.2 Å². The number of amides is 3. The number of hydrogen-bond donors (Lipinski definition) is 4. The van der Waals surface area contributed by atoms with Crippen LogP contribution in [0.2, 0.25) is 0 Å². The minimum atomic E-state index is -0.435. The first kappa shape index (κ1) is 17.6. The number of hydrogen-bond acceptors (Lipinski definition) is 4. The Morgan fingerprint density at radius 3 is 2.38 bits per heavy atom. The molecular weight excluding hydrogens is 328 g/mol. The molecular formula is C16H18N4O3S. The van der Waals surface area contributed by atoms with Gasteiger partial charge in [-0.15, -0.1) is 11.8 Å². The fraction of sp³-hybridized carbons (Fsp3) is 0.188. The Balaban J connectivity index is 1.62. The first-order valence-corrected chi connectivity index (χ1v) is 8.37. The molecule has 7 nitrogen and oxygen atoms in total. The van der Waals surface area contributed by atoms with Crippen molar-refractivity contribution in [1.29, 1.82) is 0 Å². The Hall–Kier alpha value is -2.74. The van der Waals surface area contributed by atoms with Gasteiger partial charge in [0.25, 0.3) is 5.91 Å². The maximum absolute atomic E-state index is 11.8. The largest absolute Gasteiger partial charge is 0.357 e. The van der Waals surface area contributed by atoms with Crippen LogP contribution in [0.3, 0.4) is 0 Å². The second kappa shape index (κ2) is 8.78. The van der Waals surface area contributed by atoms with Gasteiger partial charge in [-0.2, -0.15) is 0 Å². The summed E-state index contributed by atoms with van der Waals surface area (Å²) in [4.78, 5) is 37.7. The van der Waals surface area contributed by atoms with Crippen LogP contribution >= 0.6 is 11.8 Å². The van der Waals surface area contributed by atoms with Crippen LogP contribution in [0.5, 0.6) is 0 Å². The smallest absolute Gasteiger partial charge is 0.286 e. The molecule has 126 valence electrons. The van der Waals surface area contributed by atoms with Gasteiger partial charge in [0.2, 0.25) is 11.8 Å². The highest BCUT2D eigenvalue weighted by Crippen LogP contribution is 2.09. The van der Waals surface area contributed by atoms with Crippen molar-refractivity contribution < 1.29 is 14.4 Å². The van der Waals surface area contributed by atoms with Gasteiger partial charge in [0, 0.05) is 11.9 Å². The number of aromatic amines is 1. The minimum Gasteiger partial charge on any atom is -0.357 e. The summed E-state index contributed by atoms with van der Waals surface area (Å²) in [6.07, 6.45) is 1.61. The molecule has 0 unspecified atom stereocenters. The first-order valence-electron chi connectivity index (χ1n) is 7.21. The van der Waals surface area contributed by atoms with Crippen molar-refractivity contribution in [2.75, 3.05) is 16.8 Å². The van der Waals surface area contributed by atoms with Crippen molar-refractivity contribution in [2.45, 2.75) is 6.92 Å². The van der Waals surface area contributed by atoms with Gasteiger partial charge in [0.05, 0.1) is 11.5 Å². The quantitative estimate of drug-likeness (QED) is 0.595. The van der Waals surface area contributed by atoms with Crippen LogP contribution in [0.25, 0.3) is 0 Å². The third-order valence-corrected chi connectivity index (χ3v) is 3.89. The first-order chi connectivity index (χ1) is 11.5. The van der Waals surface area contributed by atoms with Crippen molar-refractivity contribution in [2.24, 2.45) is 0 Å². The van der Waals surface area contributed by atoms with Crippen LogP contribution < -0.4 is 16.2 Å². The van der Waals surface area contributed by atoms with Gasteiger partial charge < -0.3 is 10.3 Å². The van der Waals surface area contributed by atoms with Crippen LogP contribution in [0.1, 0.15) is 16.1 Å². The number of carbonyl (C=O) groups is 3. The lowest BCUT2D eigenvalue weighted by Gasteiger charge is -2.07. The van der Waals surface area contributed by atoms with Gasteiger partial charge in [-0.1, -0.05) is 17.7 Å². The lowest BCUT2D eigenvalue weighted by atomic mass is 10.2. The third kappa shape index (κ3) is 5.81. The number of rotatable bonds is 6. The monoisotopic (exact) mass is 346 g/mol. The molecule has 0 atom stereocenters. The second-order valence-electron chi connectivity index (χ2n) is 4.99. The Morgan fingerprint density at radius 1 is 1.00 bits per heavy atom. The molecule has 2 aromatic rings. The van der Waals surface area contributed by atoms with E-state index in [4.69, 9.17) is 0 Å². The summed E-state index contributed by atoms with van der Waals surface area (Å²) >= 11 is 1.16. The summed E-state index contributed by atoms with van der Waals surface area (Å²) in [6, 6.07) is 10.7. The van der Waals surface area contributed by atoms with E-state index in [1.807, 2.05) is 31.2 Å². The number of nitrogens with one attached hydrogen (secondary N) is 4. The topological polar surface area (TPSA) is 103 Å². The van der Waals surface area contributed by atoms with E-state index in [9.17, 15) is 14.4 Å². The number of aromatic nitrogens is 1. The van der Waals surface area contributed by atoms with Crippen LogP contribution in [0.15, 0.2) is 42.6 Å². The van der Waals surface area contributed by atoms with Crippen molar-refractivity contribution in [3.63, 3.8) is 0 Å². The fourth-order valence-electron chi connectivity index (χ4n) is 1.77. The molecule has 0 aliphatic carbocycles. The molecule has 0 bridgehead atoms. The molecule has 0 spiro atoms. The SMILES string of the molecule is Cc1ccc(NC(=O)CSCC(=O)NNC(=O)c2ccc[nH]2)cc1. The number of carbonyl (C=O) groups excluding carboxylic acids is 3. The molecule has 1 aromatic carbocycles. The van der Waals surface area contributed by atoms with Gasteiger partial charge in [-0.3, -0.25) is 25.2 Å². The van der Waals surface area contributed by atoms with E-state index in [1.165, 1.54) is 0 Å². The van der Waals surface area contributed by atoms with Crippen LogP contribution in [-0.2, 0) is 9.59 Å². The molecule has 24 heavy (non-hydrogen) atoms. The summed E-state index contributed by atoms with van der Waals surface area (Å²) in [5, 5.41) is 2.75. The molecule has 1 heterocycles. The third-order valence-electron chi connectivity index (χ3n) is 2.96. The Morgan fingerprint density at radius 2 is 1.71 bits per heavy atom. The number of benzene rings is 1. The van der Waals surface area contributed by atoms with E-state index in [0.29, 0.717) is 11.4 Å². The Labute approximate surface area is 143 Å². The van der Waals surface area contributed by atoms with Crippen LogP contribution in [0.4, 0.5) is 5.69 Å². The van der Waals surface area contributed by atoms with E-state index in [2.05, 4.69) is 21.2 Å². The van der Waals surface area contributed by atoms with Crippen molar-refractivity contribution in [1.82, 2.24) is 15.8 Å². The average molecular weight is 346 g/mol. The molecule has 1 aromatic heterocycles. The number of anilines is 1. The average Bonchev–Trinajstić information content (AvgIpc) is 3.09. The number of aryl methyl sites for hydroxylation is 1. The summed E-state index contributed by atoms with van der Waals surface area (Å²) in [5.41, 5.74) is 6.75. The molecule has 8 heteroatoms. The van der Waals surface area contributed by atoms with Gasteiger partial charge in [-0.25, -0.2) is 0 Å². The zero-order valence-corrected chi connectivity index (χ0v) is 13.9. The summed E-state index contributed by atoms with van der Waals surface area (Å²) in [7, 11) is 0. The van der Waals surface area contributed by atoms with Crippen molar-refractivity contribution in [3.8, 4) is 0 Å². The lowest BCUT2D eigenvalue weighted by Crippen LogP contribution is -2.42. The zero-order valence-electron chi connectivity index (χ0n) is 13.1. The summed E-state index contributed by atoms with van der Waals surface area (Å²) < 4.78 is 0. The molecule has 0 saturated carbocycles. The standard InChI is InChI=1S/C16H18N4O3S/c1-11-4-6-12(7-5-11)18-14(21)9-24-10-15(22)19-20-16(23)13-3-2-8-17-13/h2-8,17H,9-10H2,1H3,(H,18,21)(H,19,22)(H,20,23). The van der Waals surface area contributed by atoms with Crippen molar-refractivity contribution >= 4 is 35.2 Å². The van der Waals surface area contributed by atoms with Gasteiger partial charge in [0.1, 0.15) is 5.69 Å². The molecule has 0 radical (unpaired) electrons. The molecule has 0 saturated heterocycles. The normalized spacial score (nSPS) is 10.0. The number of H-pyrrole nitrogens is 1. The van der Waals surface area contributed by atoms with E-state index in [-0.39, 0.29) is 23.3 Å². The van der Waals surface area contributed by atoms with E-state index >= 15 is 0 Å². The predicted molar refractivity (Wildman–Crippen MR) is 93.5 cm³/mol. The molecule has 2 rings (SSSR count). The van der Waals surface area contributed by atoms with Gasteiger partial charge >= 0.3 is 0 Å². The highest BCUT2D eigenvalue weighted by Gasteiger charge is 2.09. The maximum Gasteiger partial charge on any atom is 0.286 e. The van der Waals surface area contributed by atoms with E-state index in [0.717, 1.165) is 17.3 Å². The molecule has 4 N–H and O–H groups in total.